The lowest BCUT2D eigenvalue weighted by atomic mass is 10.2. The third-order valence-electron chi connectivity index (χ3n) is 2.03. The van der Waals surface area contributed by atoms with Gasteiger partial charge >= 0.3 is 0 Å². The molecule has 4 heteroatoms. The molecular weight excluding hydrogens is 228 g/mol. The first-order chi connectivity index (χ1) is 7.63. The van der Waals surface area contributed by atoms with E-state index in [0.29, 0.717) is 17.4 Å². The van der Waals surface area contributed by atoms with Gasteiger partial charge in [0.1, 0.15) is 18.5 Å². The molecule has 90 valence electrons. The van der Waals surface area contributed by atoms with Crippen molar-refractivity contribution in [2.24, 2.45) is 0 Å². The Labute approximate surface area is 101 Å². The quantitative estimate of drug-likeness (QED) is 0.835. The highest BCUT2D eigenvalue weighted by atomic mass is 35.5. The Balaban J connectivity index is 2.42. The van der Waals surface area contributed by atoms with Crippen molar-refractivity contribution in [1.82, 2.24) is 0 Å². The van der Waals surface area contributed by atoms with Gasteiger partial charge in [-0.2, -0.15) is 0 Å². The average molecular weight is 245 g/mol. The molecule has 0 spiro atoms. The number of benzene rings is 1. The van der Waals surface area contributed by atoms with E-state index < -0.39 is 6.10 Å². The fraction of sp³-hybridized carbons (Fsp3) is 0.500. The Morgan fingerprint density at radius 1 is 1.38 bits per heavy atom. The van der Waals surface area contributed by atoms with E-state index in [2.05, 4.69) is 0 Å². The molecule has 1 aromatic rings. The summed E-state index contributed by atoms with van der Waals surface area (Å²) in [6.07, 6.45) is -0.627. The predicted molar refractivity (Wildman–Crippen MR) is 64.2 cm³/mol. The fourth-order valence-electron chi connectivity index (χ4n) is 1.21. The highest BCUT2D eigenvalue weighted by Crippen LogP contribution is 2.25. The Morgan fingerprint density at radius 3 is 2.75 bits per heavy atom. The van der Waals surface area contributed by atoms with E-state index in [1.165, 1.54) is 0 Å². The number of aryl methyl sites for hydroxylation is 1. The monoisotopic (exact) mass is 244 g/mol. The minimum atomic E-state index is -0.627. The second kappa shape index (κ2) is 6.74. The van der Waals surface area contributed by atoms with Crippen LogP contribution < -0.4 is 4.74 Å². The van der Waals surface area contributed by atoms with Crippen molar-refractivity contribution in [2.75, 3.05) is 19.8 Å². The maximum atomic E-state index is 9.49. The number of hydrogen-bond acceptors (Lipinski definition) is 3. The van der Waals surface area contributed by atoms with Crippen LogP contribution in [0.15, 0.2) is 18.2 Å². The van der Waals surface area contributed by atoms with Gasteiger partial charge in [0, 0.05) is 6.61 Å². The van der Waals surface area contributed by atoms with E-state index in [4.69, 9.17) is 21.1 Å². The highest BCUT2D eigenvalue weighted by Gasteiger charge is 2.07. The zero-order chi connectivity index (χ0) is 12.0. The summed E-state index contributed by atoms with van der Waals surface area (Å²) in [4.78, 5) is 0. The number of hydrogen-bond donors (Lipinski definition) is 1. The third-order valence-corrected chi connectivity index (χ3v) is 2.33. The van der Waals surface area contributed by atoms with E-state index in [1.54, 1.807) is 6.07 Å². The first-order valence-electron chi connectivity index (χ1n) is 5.28. The lowest BCUT2D eigenvalue weighted by molar-refractivity contribution is 0.0164. The molecule has 0 saturated heterocycles. The van der Waals surface area contributed by atoms with Gasteiger partial charge in [0.25, 0.3) is 0 Å². The minimum Gasteiger partial charge on any atom is -0.489 e. The third kappa shape index (κ3) is 4.39. The summed E-state index contributed by atoms with van der Waals surface area (Å²) in [6.45, 7) is 4.88. The van der Waals surface area contributed by atoms with Crippen LogP contribution in [0.4, 0.5) is 0 Å². The van der Waals surface area contributed by atoms with Crippen LogP contribution in [-0.4, -0.2) is 31.0 Å². The number of halogens is 1. The van der Waals surface area contributed by atoms with Gasteiger partial charge in [-0.05, 0) is 31.5 Å². The number of aliphatic hydroxyl groups is 1. The summed E-state index contributed by atoms with van der Waals surface area (Å²) in [5.41, 5.74) is 1.08. The molecule has 1 rings (SSSR count). The van der Waals surface area contributed by atoms with Crippen LogP contribution in [0.25, 0.3) is 0 Å². The van der Waals surface area contributed by atoms with Gasteiger partial charge in [0.05, 0.1) is 11.6 Å². The molecule has 0 aliphatic heterocycles. The number of ether oxygens (including phenoxy) is 2. The van der Waals surface area contributed by atoms with Crippen molar-refractivity contribution in [2.45, 2.75) is 20.0 Å². The van der Waals surface area contributed by atoms with Gasteiger partial charge in [0.15, 0.2) is 0 Å². The molecule has 0 saturated carbocycles. The molecule has 0 amide bonds. The van der Waals surface area contributed by atoms with Crippen LogP contribution in [-0.2, 0) is 4.74 Å². The summed E-state index contributed by atoms with van der Waals surface area (Å²) in [7, 11) is 0. The van der Waals surface area contributed by atoms with Crippen molar-refractivity contribution in [3.63, 3.8) is 0 Å². The first-order valence-corrected chi connectivity index (χ1v) is 5.66. The minimum absolute atomic E-state index is 0.183. The van der Waals surface area contributed by atoms with Gasteiger partial charge in [-0.3, -0.25) is 0 Å². The molecule has 16 heavy (non-hydrogen) atoms. The van der Waals surface area contributed by atoms with Crippen LogP contribution in [0.3, 0.4) is 0 Å². The number of rotatable bonds is 6. The largest absolute Gasteiger partial charge is 0.489 e. The van der Waals surface area contributed by atoms with Gasteiger partial charge in [-0.1, -0.05) is 17.7 Å². The Bertz CT molecular complexity index is 328. The smallest absolute Gasteiger partial charge is 0.138 e. The molecule has 1 atom stereocenters. The van der Waals surface area contributed by atoms with Crippen LogP contribution in [0, 0.1) is 6.92 Å². The molecule has 0 bridgehead atoms. The highest BCUT2D eigenvalue weighted by molar-refractivity contribution is 6.32. The molecule has 0 aliphatic carbocycles. The maximum absolute atomic E-state index is 9.49. The molecule has 1 unspecified atom stereocenters. The van der Waals surface area contributed by atoms with Gasteiger partial charge in [-0.25, -0.2) is 0 Å². The molecular formula is C12H17ClO3. The first kappa shape index (κ1) is 13.3. The summed E-state index contributed by atoms with van der Waals surface area (Å²) >= 11 is 5.98. The number of aliphatic hydroxyl groups excluding tert-OH is 1. The Hall–Kier alpha value is -0.770. The molecule has 1 N–H and O–H groups in total. The summed E-state index contributed by atoms with van der Waals surface area (Å²) in [5.74, 6) is 0.586. The molecule has 0 fully saturated rings. The van der Waals surface area contributed by atoms with Gasteiger partial charge in [0.2, 0.25) is 0 Å². The molecule has 0 radical (unpaired) electrons. The standard InChI is InChI=1S/C12H17ClO3/c1-3-15-7-10(14)8-16-12-5-4-9(2)6-11(12)13/h4-6,10,14H,3,7-8H2,1-2H3. The topological polar surface area (TPSA) is 38.7 Å². The molecule has 0 aliphatic rings. The lowest BCUT2D eigenvalue weighted by Gasteiger charge is -2.13. The Morgan fingerprint density at radius 2 is 2.12 bits per heavy atom. The van der Waals surface area contributed by atoms with Crippen LogP contribution in [0.1, 0.15) is 12.5 Å². The van der Waals surface area contributed by atoms with Crippen molar-refractivity contribution in [1.29, 1.82) is 0 Å². The zero-order valence-electron chi connectivity index (χ0n) is 9.57. The second-order valence-corrected chi connectivity index (χ2v) is 3.97. The normalized spacial score (nSPS) is 12.5. The zero-order valence-corrected chi connectivity index (χ0v) is 10.3. The van der Waals surface area contributed by atoms with E-state index in [9.17, 15) is 5.11 Å². The van der Waals surface area contributed by atoms with E-state index >= 15 is 0 Å². The van der Waals surface area contributed by atoms with Crippen molar-refractivity contribution in [3.05, 3.63) is 28.8 Å². The van der Waals surface area contributed by atoms with Crippen molar-refractivity contribution < 1.29 is 14.6 Å². The lowest BCUT2D eigenvalue weighted by Crippen LogP contribution is -2.23. The summed E-state index contributed by atoms with van der Waals surface area (Å²) < 4.78 is 10.5. The van der Waals surface area contributed by atoms with E-state index in [0.717, 1.165) is 5.56 Å². The SMILES string of the molecule is CCOCC(O)COc1ccc(C)cc1Cl. The van der Waals surface area contributed by atoms with Gasteiger partial charge in [-0.15, -0.1) is 0 Å². The predicted octanol–water partition coefficient (Wildman–Crippen LogP) is 2.42. The van der Waals surface area contributed by atoms with E-state index in [-0.39, 0.29) is 13.2 Å². The molecule has 1 aromatic carbocycles. The summed E-state index contributed by atoms with van der Waals surface area (Å²) in [6, 6.07) is 5.53. The molecule has 0 aromatic heterocycles. The molecule has 0 heterocycles. The van der Waals surface area contributed by atoms with Crippen LogP contribution in [0.5, 0.6) is 5.75 Å². The van der Waals surface area contributed by atoms with Crippen molar-refractivity contribution in [3.8, 4) is 5.75 Å². The van der Waals surface area contributed by atoms with Crippen LogP contribution >= 0.6 is 11.6 Å². The second-order valence-electron chi connectivity index (χ2n) is 3.56. The van der Waals surface area contributed by atoms with Crippen LogP contribution in [0.2, 0.25) is 5.02 Å². The Kier molecular flexibility index (Phi) is 5.60. The van der Waals surface area contributed by atoms with Crippen molar-refractivity contribution >= 4 is 11.6 Å². The summed E-state index contributed by atoms with van der Waals surface area (Å²) in [5, 5.41) is 10.1. The van der Waals surface area contributed by atoms with E-state index in [1.807, 2.05) is 26.0 Å². The fourth-order valence-corrected chi connectivity index (χ4v) is 1.50. The maximum Gasteiger partial charge on any atom is 0.138 e. The molecule has 3 nitrogen and oxygen atoms in total. The average Bonchev–Trinajstić information content (AvgIpc) is 2.25. The van der Waals surface area contributed by atoms with Gasteiger partial charge < -0.3 is 14.6 Å².